The summed E-state index contributed by atoms with van der Waals surface area (Å²) in [5.41, 5.74) is -0.605. The highest BCUT2D eigenvalue weighted by Gasteiger charge is 2.34. The number of carbonyl (C=O) groups excluding carboxylic acids is 3. The standard InChI is InChI=1S/C13H22N2O4S/c1-7(2)9(11(17)19-13(3,4)5)15-10(16)8-6-20-12(18)14-8/h7-9H,6H2,1-5H3,(H,14,18)(H,15,16)/t8?,9-/m0/s1. The van der Waals surface area contributed by atoms with Gasteiger partial charge in [-0.1, -0.05) is 25.6 Å². The van der Waals surface area contributed by atoms with Crippen molar-refractivity contribution >= 4 is 28.9 Å². The molecule has 2 N–H and O–H groups in total. The Morgan fingerprint density at radius 3 is 2.40 bits per heavy atom. The van der Waals surface area contributed by atoms with E-state index in [9.17, 15) is 14.4 Å². The van der Waals surface area contributed by atoms with Gasteiger partial charge in [0.1, 0.15) is 17.7 Å². The Kier molecular flexibility index (Phi) is 5.44. The molecule has 2 amide bonds. The number of thioether (sulfide) groups is 1. The molecule has 0 aromatic heterocycles. The maximum Gasteiger partial charge on any atom is 0.329 e. The van der Waals surface area contributed by atoms with Crippen molar-refractivity contribution in [1.82, 2.24) is 10.6 Å². The summed E-state index contributed by atoms with van der Waals surface area (Å²) in [5.74, 6) is -0.534. The molecular formula is C13H22N2O4S. The van der Waals surface area contributed by atoms with Gasteiger partial charge in [-0.25, -0.2) is 4.79 Å². The van der Waals surface area contributed by atoms with Gasteiger partial charge in [0.25, 0.3) is 5.24 Å². The minimum absolute atomic E-state index is 0.0986. The van der Waals surface area contributed by atoms with Crippen LogP contribution in [0.5, 0.6) is 0 Å². The van der Waals surface area contributed by atoms with Crippen LogP contribution in [0, 0.1) is 5.92 Å². The summed E-state index contributed by atoms with van der Waals surface area (Å²) in [7, 11) is 0. The molecule has 1 fully saturated rings. The maximum atomic E-state index is 12.1. The summed E-state index contributed by atoms with van der Waals surface area (Å²) < 4.78 is 5.30. The molecule has 7 heteroatoms. The van der Waals surface area contributed by atoms with Gasteiger partial charge in [-0.3, -0.25) is 9.59 Å². The van der Waals surface area contributed by atoms with Crippen molar-refractivity contribution in [1.29, 1.82) is 0 Å². The number of hydrogen-bond donors (Lipinski definition) is 2. The molecule has 0 radical (unpaired) electrons. The van der Waals surface area contributed by atoms with Crippen molar-refractivity contribution in [2.75, 3.05) is 5.75 Å². The van der Waals surface area contributed by atoms with Crippen molar-refractivity contribution < 1.29 is 19.1 Å². The highest BCUT2D eigenvalue weighted by molar-refractivity contribution is 8.14. The summed E-state index contributed by atoms with van der Waals surface area (Å²) in [5, 5.41) is 4.99. The van der Waals surface area contributed by atoms with Crippen LogP contribution in [-0.4, -0.2) is 40.6 Å². The fraction of sp³-hybridized carbons (Fsp3) is 0.769. The number of hydrogen-bond acceptors (Lipinski definition) is 5. The van der Waals surface area contributed by atoms with Gasteiger partial charge in [0.15, 0.2) is 0 Å². The second-order valence-electron chi connectivity index (χ2n) is 6.06. The van der Waals surface area contributed by atoms with E-state index in [1.54, 1.807) is 20.8 Å². The lowest BCUT2D eigenvalue weighted by molar-refractivity contribution is -0.160. The van der Waals surface area contributed by atoms with Gasteiger partial charge in [-0.05, 0) is 26.7 Å². The fourth-order valence-corrected chi connectivity index (χ4v) is 2.42. The van der Waals surface area contributed by atoms with Crippen molar-refractivity contribution in [3.63, 3.8) is 0 Å². The van der Waals surface area contributed by atoms with Crippen LogP contribution in [0.15, 0.2) is 0 Å². The minimum atomic E-state index is -0.718. The van der Waals surface area contributed by atoms with Crippen LogP contribution in [0.2, 0.25) is 0 Å². The minimum Gasteiger partial charge on any atom is -0.458 e. The van der Waals surface area contributed by atoms with Crippen molar-refractivity contribution in [3.8, 4) is 0 Å². The lowest BCUT2D eigenvalue weighted by atomic mass is 10.0. The van der Waals surface area contributed by atoms with Crippen LogP contribution in [0.1, 0.15) is 34.6 Å². The number of amides is 2. The van der Waals surface area contributed by atoms with Crippen LogP contribution >= 0.6 is 11.8 Å². The van der Waals surface area contributed by atoms with Gasteiger partial charge < -0.3 is 15.4 Å². The lowest BCUT2D eigenvalue weighted by Gasteiger charge is -2.27. The van der Waals surface area contributed by atoms with Gasteiger partial charge in [0, 0.05) is 5.75 Å². The fourth-order valence-electron chi connectivity index (χ4n) is 1.64. The Hall–Kier alpha value is -1.24. The molecule has 1 aliphatic heterocycles. The predicted octanol–water partition coefficient (Wildman–Crippen LogP) is 1.29. The van der Waals surface area contributed by atoms with Gasteiger partial charge in [-0.2, -0.15) is 0 Å². The molecule has 6 nitrogen and oxygen atoms in total. The smallest absolute Gasteiger partial charge is 0.329 e. The summed E-state index contributed by atoms with van der Waals surface area (Å²) in [6.07, 6.45) is 0. The summed E-state index contributed by atoms with van der Waals surface area (Å²) in [6.45, 7) is 8.99. The van der Waals surface area contributed by atoms with E-state index in [4.69, 9.17) is 4.74 Å². The molecule has 114 valence electrons. The largest absolute Gasteiger partial charge is 0.458 e. The first-order valence-corrected chi connectivity index (χ1v) is 7.55. The number of rotatable bonds is 4. The Balaban J connectivity index is 2.65. The Morgan fingerprint density at radius 1 is 1.40 bits per heavy atom. The van der Waals surface area contributed by atoms with Crippen LogP contribution < -0.4 is 10.6 Å². The monoisotopic (exact) mass is 302 g/mol. The highest BCUT2D eigenvalue weighted by atomic mass is 32.2. The molecule has 0 saturated carbocycles. The molecule has 20 heavy (non-hydrogen) atoms. The topological polar surface area (TPSA) is 84.5 Å². The molecule has 0 aliphatic carbocycles. The Labute approximate surface area is 123 Å². The van der Waals surface area contributed by atoms with Crippen molar-refractivity contribution in [2.24, 2.45) is 5.92 Å². The normalized spacial score (nSPS) is 20.5. The van der Waals surface area contributed by atoms with Gasteiger partial charge in [0.2, 0.25) is 5.91 Å². The third-order valence-electron chi connectivity index (χ3n) is 2.61. The van der Waals surface area contributed by atoms with E-state index in [1.165, 1.54) is 0 Å². The number of carbonyl (C=O) groups is 3. The number of nitrogens with one attached hydrogen (secondary N) is 2. The van der Waals surface area contributed by atoms with Gasteiger partial charge >= 0.3 is 5.97 Å². The summed E-state index contributed by atoms with van der Waals surface area (Å²) in [4.78, 5) is 35.2. The third-order valence-corrected chi connectivity index (χ3v) is 3.49. The van der Waals surface area contributed by atoms with Crippen LogP contribution in [0.3, 0.4) is 0 Å². The van der Waals surface area contributed by atoms with E-state index in [-0.39, 0.29) is 17.1 Å². The molecule has 0 aromatic carbocycles. The molecule has 0 spiro atoms. The first-order valence-electron chi connectivity index (χ1n) is 6.56. The zero-order chi connectivity index (χ0) is 15.5. The van der Waals surface area contributed by atoms with E-state index in [2.05, 4.69) is 10.6 Å². The molecular weight excluding hydrogens is 280 g/mol. The van der Waals surface area contributed by atoms with E-state index >= 15 is 0 Å². The lowest BCUT2D eigenvalue weighted by Crippen LogP contribution is -2.52. The van der Waals surface area contributed by atoms with E-state index in [1.807, 2.05) is 13.8 Å². The quantitative estimate of drug-likeness (QED) is 0.765. The van der Waals surface area contributed by atoms with E-state index in [0.29, 0.717) is 5.75 Å². The summed E-state index contributed by atoms with van der Waals surface area (Å²) in [6, 6.07) is -1.31. The van der Waals surface area contributed by atoms with Crippen LogP contribution in [0.4, 0.5) is 4.79 Å². The highest BCUT2D eigenvalue weighted by Crippen LogP contribution is 2.15. The first-order chi connectivity index (χ1) is 9.10. The average molecular weight is 302 g/mol. The SMILES string of the molecule is CC(C)[C@H](NC(=O)C1CSC(=O)N1)C(=O)OC(C)(C)C. The molecule has 1 saturated heterocycles. The van der Waals surface area contributed by atoms with Crippen LogP contribution in [0.25, 0.3) is 0 Å². The molecule has 1 rings (SSSR count). The average Bonchev–Trinajstić information content (AvgIpc) is 2.69. The third kappa shape index (κ3) is 5.03. The number of esters is 1. The number of ether oxygens (including phenoxy) is 1. The first kappa shape index (κ1) is 16.8. The summed E-state index contributed by atoms with van der Waals surface area (Å²) >= 11 is 1.06. The van der Waals surface area contributed by atoms with Crippen molar-refractivity contribution in [3.05, 3.63) is 0 Å². The molecule has 1 heterocycles. The van der Waals surface area contributed by atoms with E-state index in [0.717, 1.165) is 11.8 Å². The molecule has 2 atom stereocenters. The van der Waals surface area contributed by atoms with E-state index < -0.39 is 23.7 Å². The second kappa shape index (κ2) is 6.47. The second-order valence-corrected chi connectivity index (χ2v) is 7.05. The van der Waals surface area contributed by atoms with Crippen LogP contribution in [-0.2, 0) is 14.3 Å². The zero-order valence-corrected chi connectivity index (χ0v) is 13.3. The molecule has 0 aromatic rings. The van der Waals surface area contributed by atoms with Gasteiger partial charge in [0.05, 0.1) is 0 Å². The molecule has 1 unspecified atom stereocenters. The Morgan fingerprint density at radius 2 is 2.00 bits per heavy atom. The Bertz CT molecular complexity index is 404. The molecule has 0 bridgehead atoms. The predicted molar refractivity (Wildman–Crippen MR) is 77.4 cm³/mol. The maximum absolute atomic E-state index is 12.1. The van der Waals surface area contributed by atoms with Gasteiger partial charge in [-0.15, -0.1) is 0 Å². The molecule has 1 aliphatic rings. The van der Waals surface area contributed by atoms with Crippen molar-refractivity contribution in [2.45, 2.75) is 52.3 Å². The zero-order valence-electron chi connectivity index (χ0n) is 12.5.